The van der Waals surface area contributed by atoms with E-state index in [4.69, 9.17) is 9.47 Å². The molecule has 1 atom stereocenters. The second kappa shape index (κ2) is 10.1. The van der Waals surface area contributed by atoms with Gasteiger partial charge in [0.05, 0.1) is 13.3 Å². The molecular formula is C22H34N4O3. The van der Waals surface area contributed by atoms with Crippen LogP contribution in [0.2, 0.25) is 0 Å². The molecule has 7 heteroatoms. The van der Waals surface area contributed by atoms with E-state index in [2.05, 4.69) is 28.9 Å². The SMILES string of the molecule is COc1ccc(CN(C)Cc2cnn(C)c2C)c(OCC(O)CN2CCCC2)c1. The van der Waals surface area contributed by atoms with Gasteiger partial charge in [-0.2, -0.15) is 5.10 Å². The van der Waals surface area contributed by atoms with Gasteiger partial charge < -0.3 is 19.5 Å². The van der Waals surface area contributed by atoms with Crippen LogP contribution in [-0.4, -0.2) is 71.2 Å². The molecule has 1 fully saturated rings. The Kier molecular flexibility index (Phi) is 7.52. The van der Waals surface area contributed by atoms with Crippen molar-refractivity contribution in [2.75, 3.05) is 40.4 Å². The Morgan fingerprint density at radius 1 is 1.21 bits per heavy atom. The number of nitrogens with zero attached hydrogens (tertiary/aromatic N) is 4. The number of hydrogen-bond donors (Lipinski definition) is 1. The number of β-amino-alcohol motifs (C(OH)–C–C–N with tert-alkyl or cyclic N) is 1. The molecule has 1 saturated heterocycles. The first-order valence-electron chi connectivity index (χ1n) is 10.3. The Bertz CT molecular complexity index is 786. The van der Waals surface area contributed by atoms with Crippen LogP contribution in [0.5, 0.6) is 11.5 Å². The molecule has 3 rings (SSSR count). The number of ether oxygens (including phenoxy) is 2. The summed E-state index contributed by atoms with van der Waals surface area (Å²) in [4.78, 5) is 4.53. The monoisotopic (exact) mass is 402 g/mol. The molecule has 1 aliphatic heterocycles. The third kappa shape index (κ3) is 5.95. The quantitative estimate of drug-likeness (QED) is 0.657. The van der Waals surface area contributed by atoms with Crippen LogP contribution in [0.25, 0.3) is 0 Å². The number of aliphatic hydroxyl groups is 1. The number of benzene rings is 1. The van der Waals surface area contributed by atoms with Crippen molar-refractivity contribution in [1.29, 1.82) is 0 Å². The van der Waals surface area contributed by atoms with Crippen molar-refractivity contribution in [3.63, 3.8) is 0 Å². The minimum atomic E-state index is -0.497. The van der Waals surface area contributed by atoms with Crippen molar-refractivity contribution in [2.24, 2.45) is 7.05 Å². The Morgan fingerprint density at radius 3 is 2.59 bits per heavy atom. The summed E-state index contributed by atoms with van der Waals surface area (Å²) in [6.45, 7) is 6.71. The molecule has 1 aromatic heterocycles. The smallest absolute Gasteiger partial charge is 0.127 e. The summed E-state index contributed by atoms with van der Waals surface area (Å²) in [5.74, 6) is 1.52. The average molecular weight is 403 g/mol. The summed E-state index contributed by atoms with van der Waals surface area (Å²) in [5, 5.41) is 14.7. The van der Waals surface area contributed by atoms with E-state index in [0.717, 1.165) is 43.2 Å². The largest absolute Gasteiger partial charge is 0.497 e. The highest BCUT2D eigenvalue weighted by Crippen LogP contribution is 2.27. The van der Waals surface area contributed by atoms with Crippen LogP contribution in [0.15, 0.2) is 24.4 Å². The maximum Gasteiger partial charge on any atom is 0.127 e. The zero-order chi connectivity index (χ0) is 20.8. The standard InChI is InChI=1S/C22H34N4O3/c1-17-19(12-23-25(17)3)14-24(2)13-18-7-8-21(28-4)11-22(18)29-16-20(27)15-26-9-5-6-10-26/h7-8,11-12,20,27H,5-6,9-10,13-16H2,1-4H3. The summed E-state index contributed by atoms with van der Waals surface area (Å²) >= 11 is 0. The molecule has 29 heavy (non-hydrogen) atoms. The highest BCUT2D eigenvalue weighted by atomic mass is 16.5. The third-order valence-corrected chi connectivity index (χ3v) is 5.59. The van der Waals surface area contributed by atoms with Crippen LogP contribution in [-0.2, 0) is 20.1 Å². The predicted octanol–water partition coefficient (Wildman–Crippen LogP) is 2.20. The van der Waals surface area contributed by atoms with Crippen molar-refractivity contribution >= 4 is 0 Å². The average Bonchev–Trinajstić information content (AvgIpc) is 3.32. The minimum absolute atomic E-state index is 0.280. The van der Waals surface area contributed by atoms with Crippen LogP contribution in [0.1, 0.15) is 29.7 Å². The van der Waals surface area contributed by atoms with Crippen molar-refractivity contribution in [3.8, 4) is 11.5 Å². The van der Waals surface area contributed by atoms with E-state index >= 15 is 0 Å². The van der Waals surface area contributed by atoms with Crippen LogP contribution < -0.4 is 9.47 Å². The fourth-order valence-corrected chi connectivity index (χ4v) is 3.77. The summed E-state index contributed by atoms with van der Waals surface area (Å²) < 4.78 is 13.3. The normalized spacial score (nSPS) is 15.8. The van der Waals surface area contributed by atoms with E-state index < -0.39 is 6.10 Å². The molecule has 0 spiro atoms. The van der Waals surface area contributed by atoms with Gasteiger partial charge in [0, 0.05) is 49.6 Å². The lowest BCUT2D eigenvalue weighted by Crippen LogP contribution is -2.33. The van der Waals surface area contributed by atoms with E-state index in [9.17, 15) is 5.11 Å². The lowest BCUT2D eigenvalue weighted by atomic mass is 10.1. The summed E-state index contributed by atoms with van der Waals surface area (Å²) in [6.07, 6.45) is 3.86. The van der Waals surface area contributed by atoms with E-state index in [1.165, 1.54) is 24.1 Å². The van der Waals surface area contributed by atoms with E-state index in [0.29, 0.717) is 6.54 Å². The van der Waals surface area contributed by atoms with Gasteiger partial charge in [0.1, 0.15) is 24.2 Å². The second-order valence-electron chi connectivity index (χ2n) is 8.00. The Balaban J connectivity index is 1.62. The molecule has 1 N–H and O–H groups in total. The van der Waals surface area contributed by atoms with Crippen molar-refractivity contribution in [2.45, 2.75) is 39.0 Å². The molecule has 1 aliphatic rings. The molecule has 7 nitrogen and oxygen atoms in total. The lowest BCUT2D eigenvalue weighted by Gasteiger charge is -2.22. The van der Waals surface area contributed by atoms with Gasteiger partial charge in [0.15, 0.2) is 0 Å². The molecule has 1 aromatic carbocycles. The first-order valence-corrected chi connectivity index (χ1v) is 10.3. The second-order valence-corrected chi connectivity index (χ2v) is 8.00. The first-order chi connectivity index (χ1) is 14.0. The van der Waals surface area contributed by atoms with Crippen LogP contribution in [0.3, 0.4) is 0 Å². The number of rotatable bonds is 10. The minimum Gasteiger partial charge on any atom is -0.497 e. The van der Waals surface area contributed by atoms with Crippen molar-refractivity contribution in [3.05, 3.63) is 41.2 Å². The van der Waals surface area contributed by atoms with Gasteiger partial charge in [-0.1, -0.05) is 6.07 Å². The van der Waals surface area contributed by atoms with E-state index in [1.54, 1.807) is 7.11 Å². The van der Waals surface area contributed by atoms with Gasteiger partial charge in [-0.15, -0.1) is 0 Å². The van der Waals surface area contributed by atoms with Gasteiger partial charge in [0.2, 0.25) is 0 Å². The molecule has 0 bridgehead atoms. The molecule has 1 unspecified atom stereocenters. The summed E-state index contributed by atoms with van der Waals surface area (Å²) in [7, 11) is 5.70. The first kappa shape index (κ1) is 21.6. The topological polar surface area (TPSA) is 63.0 Å². The van der Waals surface area contributed by atoms with Crippen LogP contribution >= 0.6 is 0 Å². The summed E-state index contributed by atoms with van der Waals surface area (Å²) in [6, 6.07) is 5.89. The summed E-state index contributed by atoms with van der Waals surface area (Å²) in [5.41, 5.74) is 3.46. The van der Waals surface area contributed by atoms with E-state index in [-0.39, 0.29) is 6.61 Å². The number of aryl methyl sites for hydroxylation is 1. The fraction of sp³-hybridized carbons (Fsp3) is 0.591. The third-order valence-electron chi connectivity index (χ3n) is 5.59. The number of methoxy groups -OCH3 is 1. The molecule has 2 aromatic rings. The number of hydrogen-bond acceptors (Lipinski definition) is 6. The maximum absolute atomic E-state index is 10.4. The van der Waals surface area contributed by atoms with Crippen molar-refractivity contribution < 1.29 is 14.6 Å². The maximum atomic E-state index is 10.4. The van der Waals surface area contributed by atoms with Crippen LogP contribution in [0, 0.1) is 6.92 Å². The Hall–Kier alpha value is -2.09. The number of aromatic nitrogens is 2. The molecule has 160 valence electrons. The molecule has 0 radical (unpaired) electrons. The fourth-order valence-electron chi connectivity index (χ4n) is 3.77. The molecule has 2 heterocycles. The zero-order valence-corrected chi connectivity index (χ0v) is 18.1. The molecule has 0 amide bonds. The highest BCUT2D eigenvalue weighted by Gasteiger charge is 2.17. The van der Waals surface area contributed by atoms with E-state index in [1.807, 2.05) is 36.1 Å². The molecule has 0 aliphatic carbocycles. The number of aliphatic hydroxyl groups excluding tert-OH is 1. The van der Waals surface area contributed by atoms with Gasteiger partial charge in [-0.3, -0.25) is 9.58 Å². The zero-order valence-electron chi connectivity index (χ0n) is 18.1. The number of likely N-dealkylation sites (tertiary alicyclic amines) is 1. The predicted molar refractivity (Wildman–Crippen MR) is 113 cm³/mol. The Labute approximate surface area is 173 Å². The highest BCUT2D eigenvalue weighted by molar-refractivity contribution is 5.40. The van der Waals surface area contributed by atoms with Gasteiger partial charge in [0.25, 0.3) is 0 Å². The van der Waals surface area contributed by atoms with Crippen molar-refractivity contribution in [1.82, 2.24) is 19.6 Å². The molecule has 0 saturated carbocycles. The van der Waals surface area contributed by atoms with Gasteiger partial charge >= 0.3 is 0 Å². The Morgan fingerprint density at radius 2 is 1.93 bits per heavy atom. The van der Waals surface area contributed by atoms with Crippen LogP contribution in [0.4, 0.5) is 0 Å². The van der Waals surface area contributed by atoms with Gasteiger partial charge in [-0.05, 0) is 46.0 Å². The van der Waals surface area contributed by atoms with Gasteiger partial charge in [-0.25, -0.2) is 0 Å². The lowest BCUT2D eigenvalue weighted by molar-refractivity contribution is 0.0750. The molecular weight excluding hydrogens is 368 g/mol.